The number of carbonyl (C=O) groups is 1. The van der Waals surface area contributed by atoms with Crippen LogP contribution in [0.2, 0.25) is 0 Å². The molecule has 1 amide bonds. The second-order valence-electron chi connectivity index (χ2n) is 3.11. The molecule has 0 aliphatic heterocycles. The maximum absolute atomic E-state index is 11.2. The van der Waals surface area contributed by atoms with Gasteiger partial charge in [-0.25, -0.2) is 4.98 Å². The summed E-state index contributed by atoms with van der Waals surface area (Å²) >= 11 is 0. The van der Waals surface area contributed by atoms with Crippen LogP contribution in [0.25, 0.3) is 0 Å². The minimum absolute atomic E-state index is 0.0743. The number of allylic oxidation sites excluding steroid dienone is 1. The maximum Gasteiger partial charge on any atom is 0.249 e. The third-order valence-electron chi connectivity index (χ3n) is 1.42. The summed E-state index contributed by atoms with van der Waals surface area (Å²) in [6.45, 7) is 3.67. The fourth-order valence-electron chi connectivity index (χ4n) is 0.884. The van der Waals surface area contributed by atoms with Gasteiger partial charge in [-0.05, 0) is 26.0 Å². The number of carbonyl (C=O) groups excluding carboxylic acids is 1. The van der Waals surface area contributed by atoms with Gasteiger partial charge in [-0.2, -0.15) is 0 Å². The van der Waals surface area contributed by atoms with E-state index in [0.29, 0.717) is 5.82 Å². The summed E-state index contributed by atoms with van der Waals surface area (Å²) in [5.41, 5.74) is 0.918. The molecule has 0 spiro atoms. The van der Waals surface area contributed by atoms with Crippen molar-refractivity contribution < 1.29 is 9.90 Å². The van der Waals surface area contributed by atoms with Crippen molar-refractivity contribution >= 4 is 11.7 Å². The van der Waals surface area contributed by atoms with Crippen LogP contribution in [0.1, 0.15) is 13.8 Å². The first-order chi connectivity index (χ1) is 6.58. The minimum atomic E-state index is -0.219. The molecular formula is C10H12N2O2. The van der Waals surface area contributed by atoms with Crippen LogP contribution < -0.4 is 5.32 Å². The lowest BCUT2D eigenvalue weighted by molar-refractivity contribution is -0.112. The first-order valence-corrected chi connectivity index (χ1v) is 4.19. The summed E-state index contributed by atoms with van der Waals surface area (Å²) in [5, 5.41) is 11.5. The van der Waals surface area contributed by atoms with Crippen molar-refractivity contribution in [2.24, 2.45) is 0 Å². The van der Waals surface area contributed by atoms with Gasteiger partial charge >= 0.3 is 0 Å². The summed E-state index contributed by atoms with van der Waals surface area (Å²) in [6, 6.07) is 3.00. The molecule has 74 valence electrons. The molecular weight excluding hydrogens is 180 g/mol. The molecule has 0 radical (unpaired) electrons. The van der Waals surface area contributed by atoms with Crippen LogP contribution in [0.15, 0.2) is 30.0 Å². The molecule has 0 saturated heterocycles. The van der Waals surface area contributed by atoms with Gasteiger partial charge in [-0.1, -0.05) is 5.57 Å². The number of anilines is 1. The van der Waals surface area contributed by atoms with Crippen molar-refractivity contribution in [1.82, 2.24) is 4.98 Å². The van der Waals surface area contributed by atoms with E-state index < -0.39 is 0 Å². The highest BCUT2D eigenvalue weighted by Crippen LogP contribution is 2.09. The highest BCUT2D eigenvalue weighted by molar-refractivity contribution is 5.98. The molecule has 1 rings (SSSR count). The Balaban J connectivity index is 2.66. The Morgan fingerprint density at radius 1 is 1.50 bits per heavy atom. The van der Waals surface area contributed by atoms with Crippen LogP contribution in [0.5, 0.6) is 5.75 Å². The molecule has 4 nitrogen and oxygen atoms in total. The molecule has 0 aliphatic carbocycles. The summed E-state index contributed by atoms with van der Waals surface area (Å²) in [7, 11) is 0. The predicted octanol–water partition coefficient (Wildman–Crippen LogP) is 1.69. The van der Waals surface area contributed by atoms with Gasteiger partial charge in [0, 0.05) is 6.08 Å². The Hall–Kier alpha value is -1.84. The van der Waals surface area contributed by atoms with E-state index in [1.165, 1.54) is 24.4 Å². The molecule has 14 heavy (non-hydrogen) atoms. The number of rotatable bonds is 2. The standard InChI is InChI=1S/C10H12N2O2/c1-7(2)5-10(14)12-9-4-3-8(13)6-11-9/h3-6,13H,1-2H3,(H,11,12,14). The molecule has 0 bridgehead atoms. The van der Waals surface area contributed by atoms with Crippen LogP contribution in [0.4, 0.5) is 5.82 Å². The topological polar surface area (TPSA) is 62.2 Å². The number of nitrogens with zero attached hydrogens (tertiary/aromatic N) is 1. The number of aromatic hydroxyl groups is 1. The van der Waals surface area contributed by atoms with Gasteiger partial charge in [0.2, 0.25) is 5.91 Å². The van der Waals surface area contributed by atoms with Crippen molar-refractivity contribution in [3.63, 3.8) is 0 Å². The van der Waals surface area contributed by atoms with Gasteiger partial charge in [0.05, 0.1) is 6.20 Å². The minimum Gasteiger partial charge on any atom is -0.506 e. The molecule has 0 unspecified atom stereocenters. The van der Waals surface area contributed by atoms with Crippen molar-refractivity contribution in [2.75, 3.05) is 5.32 Å². The smallest absolute Gasteiger partial charge is 0.249 e. The normalized spacial score (nSPS) is 9.29. The average Bonchev–Trinajstić information content (AvgIpc) is 2.07. The Kier molecular flexibility index (Phi) is 3.23. The van der Waals surface area contributed by atoms with E-state index >= 15 is 0 Å². The van der Waals surface area contributed by atoms with E-state index in [9.17, 15) is 4.79 Å². The third kappa shape index (κ3) is 3.26. The van der Waals surface area contributed by atoms with E-state index in [1.807, 2.05) is 13.8 Å². The molecule has 4 heteroatoms. The van der Waals surface area contributed by atoms with Crippen LogP contribution in [0.3, 0.4) is 0 Å². The zero-order valence-electron chi connectivity index (χ0n) is 8.11. The Morgan fingerprint density at radius 3 is 2.71 bits per heavy atom. The molecule has 0 aromatic carbocycles. The van der Waals surface area contributed by atoms with Gasteiger partial charge < -0.3 is 10.4 Å². The van der Waals surface area contributed by atoms with Gasteiger partial charge in [0.15, 0.2) is 0 Å². The van der Waals surface area contributed by atoms with Crippen LogP contribution in [0, 0.1) is 0 Å². The van der Waals surface area contributed by atoms with Crippen LogP contribution in [-0.2, 0) is 4.79 Å². The number of hydrogen-bond donors (Lipinski definition) is 2. The van der Waals surface area contributed by atoms with Gasteiger partial charge in [-0.15, -0.1) is 0 Å². The van der Waals surface area contributed by atoms with Gasteiger partial charge in [0.1, 0.15) is 11.6 Å². The fourth-order valence-corrected chi connectivity index (χ4v) is 0.884. The number of nitrogens with one attached hydrogen (secondary N) is 1. The third-order valence-corrected chi connectivity index (χ3v) is 1.42. The zero-order chi connectivity index (χ0) is 10.6. The van der Waals surface area contributed by atoms with Crippen molar-refractivity contribution in [3.8, 4) is 5.75 Å². The van der Waals surface area contributed by atoms with Gasteiger partial charge in [0.25, 0.3) is 0 Å². The van der Waals surface area contributed by atoms with Gasteiger partial charge in [-0.3, -0.25) is 4.79 Å². The molecule has 0 saturated carbocycles. The number of pyridine rings is 1. The molecule has 1 aromatic rings. The van der Waals surface area contributed by atoms with E-state index in [4.69, 9.17) is 5.11 Å². The SMILES string of the molecule is CC(C)=CC(=O)Nc1ccc(O)cn1. The zero-order valence-corrected chi connectivity index (χ0v) is 8.11. The summed E-state index contributed by atoms with van der Waals surface area (Å²) in [4.78, 5) is 15.0. The van der Waals surface area contributed by atoms with Crippen LogP contribution >= 0.6 is 0 Å². The molecule has 0 aliphatic rings. The van der Waals surface area contributed by atoms with E-state index in [2.05, 4.69) is 10.3 Å². The largest absolute Gasteiger partial charge is 0.506 e. The molecule has 1 heterocycles. The molecule has 1 aromatic heterocycles. The molecule has 0 fully saturated rings. The number of amides is 1. The first-order valence-electron chi connectivity index (χ1n) is 4.19. The molecule has 0 atom stereocenters. The lowest BCUT2D eigenvalue weighted by Crippen LogP contribution is -2.09. The monoisotopic (exact) mass is 192 g/mol. The number of aromatic nitrogens is 1. The number of hydrogen-bond acceptors (Lipinski definition) is 3. The van der Waals surface area contributed by atoms with Crippen molar-refractivity contribution in [2.45, 2.75) is 13.8 Å². The van der Waals surface area contributed by atoms with E-state index in [-0.39, 0.29) is 11.7 Å². The Morgan fingerprint density at radius 2 is 2.21 bits per heavy atom. The summed E-state index contributed by atoms with van der Waals surface area (Å²) < 4.78 is 0. The maximum atomic E-state index is 11.2. The van der Waals surface area contributed by atoms with Crippen molar-refractivity contribution in [1.29, 1.82) is 0 Å². The second kappa shape index (κ2) is 4.41. The highest BCUT2D eigenvalue weighted by atomic mass is 16.3. The lowest BCUT2D eigenvalue weighted by Gasteiger charge is -2.00. The van der Waals surface area contributed by atoms with Crippen molar-refractivity contribution in [3.05, 3.63) is 30.0 Å². The molecule has 2 N–H and O–H groups in total. The van der Waals surface area contributed by atoms with Crippen LogP contribution in [-0.4, -0.2) is 16.0 Å². The average molecular weight is 192 g/mol. The Bertz CT molecular complexity index is 351. The van der Waals surface area contributed by atoms with E-state index in [0.717, 1.165) is 5.57 Å². The summed E-state index contributed by atoms with van der Waals surface area (Å²) in [6.07, 6.45) is 2.76. The van der Waals surface area contributed by atoms with E-state index in [1.54, 1.807) is 0 Å². The Labute approximate surface area is 82.3 Å². The predicted molar refractivity (Wildman–Crippen MR) is 54.0 cm³/mol. The fraction of sp³-hybridized carbons (Fsp3) is 0.200. The first kappa shape index (κ1) is 10.2. The highest BCUT2D eigenvalue weighted by Gasteiger charge is 1.98. The lowest BCUT2D eigenvalue weighted by atomic mass is 10.3. The second-order valence-corrected chi connectivity index (χ2v) is 3.11. The summed E-state index contributed by atoms with van der Waals surface area (Å²) in [5.74, 6) is 0.277. The quantitative estimate of drug-likeness (QED) is 0.701.